The summed E-state index contributed by atoms with van der Waals surface area (Å²) in [4.78, 5) is 0. The lowest BCUT2D eigenvalue weighted by Gasteiger charge is -2.19. The molecule has 0 aliphatic heterocycles. The highest BCUT2D eigenvalue weighted by Crippen LogP contribution is 2.45. The van der Waals surface area contributed by atoms with Crippen molar-refractivity contribution in [2.75, 3.05) is 0 Å². The smallest absolute Gasteiger partial charge is 0.0992 e. The molecular formula is C47H26N4. The van der Waals surface area contributed by atoms with Crippen LogP contribution in [-0.4, -0.2) is 4.57 Å². The first kappa shape index (κ1) is 29.7. The highest BCUT2D eigenvalue weighted by molar-refractivity contribution is 6.21. The molecule has 0 aliphatic rings. The van der Waals surface area contributed by atoms with Crippen LogP contribution in [0, 0.1) is 34.0 Å². The van der Waals surface area contributed by atoms with Crippen LogP contribution in [-0.2, 0) is 0 Å². The van der Waals surface area contributed by atoms with Gasteiger partial charge in [-0.3, -0.25) is 0 Å². The molecule has 0 atom stereocenters. The van der Waals surface area contributed by atoms with E-state index in [0.29, 0.717) is 16.7 Å². The van der Waals surface area contributed by atoms with Crippen LogP contribution in [0.3, 0.4) is 0 Å². The van der Waals surface area contributed by atoms with Gasteiger partial charge in [0, 0.05) is 16.3 Å². The third-order valence-corrected chi connectivity index (χ3v) is 9.82. The Morgan fingerprint density at radius 1 is 0.353 bits per heavy atom. The van der Waals surface area contributed by atoms with Crippen molar-refractivity contribution in [3.63, 3.8) is 0 Å². The summed E-state index contributed by atoms with van der Waals surface area (Å²) in [6.45, 7) is 0. The Morgan fingerprint density at radius 3 is 1.51 bits per heavy atom. The molecule has 0 fully saturated rings. The van der Waals surface area contributed by atoms with E-state index >= 15 is 0 Å². The van der Waals surface area contributed by atoms with E-state index in [0.717, 1.165) is 76.9 Å². The Kier molecular flexibility index (Phi) is 6.93. The molecule has 0 saturated heterocycles. The zero-order valence-electron chi connectivity index (χ0n) is 27.3. The van der Waals surface area contributed by atoms with Crippen LogP contribution < -0.4 is 0 Å². The number of hydrogen-bond acceptors (Lipinski definition) is 3. The van der Waals surface area contributed by atoms with Crippen LogP contribution in [0.5, 0.6) is 0 Å². The van der Waals surface area contributed by atoms with Gasteiger partial charge in [0.2, 0.25) is 0 Å². The van der Waals surface area contributed by atoms with E-state index < -0.39 is 0 Å². The average molecular weight is 647 g/mol. The Hall–Kier alpha value is -7.45. The minimum atomic E-state index is 0.522. The lowest BCUT2D eigenvalue weighted by molar-refractivity contribution is 1.18. The normalized spacial score (nSPS) is 11.1. The van der Waals surface area contributed by atoms with Gasteiger partial charge in [0.25, 0.3) is 0 Å². The molecule has 0 spiro atoms. The van der Waals surface area contributed by atoms with E-state index in [1.807, 2.05) is 66.7 Å². The van der Waals surface area contributed by atoms with Crippen molar-refractivity contribution >= 4 is 43.4 Å². The molecule has 1 aromatic heterocycles. The van der Waals surface area contributed by atoms with Crippen LogP contribution in [0.15, 0.2) is 158 Å². The second-order valence-corrected chi connectivity index (χ2v) is 12.7. The number of benzene rings is 8. The van der Waals surface area contributed by atoms with Crippen LogP contribution in [0.1, 0.15) is 16.7 Å². The first-order chi connectivity index (χ1) is 25.2. The van der Waals surface area contributed by atoms with Crippen LogP contribution >= 0.6 is 0 Å². The molecule has 9 aromatic rings. The van der Waals surface area contributed by atoms with Gasteiger partial charge < -0.3 is 4.57 Å². The predicted molar refractivity (Wildman–Crippen MR) is 206 cm³/mol. The van der Waals surface area contributed by atoms with Gasteiger partial charge in [-0.1, -0.05) is 97.1 Å². The van der Waals surface area contributed by atoms with Gasteiger partial charge >= 0.3 is 0 Å². The minimum Gasteiger partial charge on any atom is -0.309 e. The maximum absolute atomic E-state index is 10.5. The van der Waals surface area contributed by atoms with Crippen LogP contribution in [0.4, 0.5) is 0 Å². The molecule has 4 heteroatoms. The van der Waals surface area contributed by atoms with E-state index in [4.69, 9.17) is 0 Å². The van der Waals surface area contributed by atoms with Gasteiger partial charge in [0.05, 0.1) is 51.6 Å². The lowest BCUT2D eigenvalue weighted by Crippen LogP contribution is -1.99. The summed E-state index contributed by atoms with van der Waals surface area (Å²) in [6.07, 6.45) is 0. The Bertz CT molecular complexity index is 2940. The summed E-state index contributed by atoms with van der Waals surface area (Å²) < 4.78 is 2.19. The summed E-state index contributed by atoms with van der Waals surface area (Å²) >= 11 is 0. The van der Waals surface area contributed by atoms with E-state index in [-0.39, 0.29) is 0 Å². The van der Waals surface area contributed by atoms with E-state index in [1.54, 1.807) is 0 Å². The third-order valence-electron chi connectivity index (χ3n) is 9.82. The van der Waals surface area contributed by atoms with E-state index in [9.17, 15) is 15.8 Å². The van der Waals surface area contributed by atoms with E-state index in [1.165, 1.54) is 5.56 Å². The summed E-state index contributed by atoms with van der Waals surface area (Å²) in [5.74, 6) is 0. The number of hydrogen-bond donors (Lipinski definition) is 0. The highest BCUT2D eigenvalue weighted by atomic mass is 15.0. The zero-order valence-corrected chi connectivity index (χ0v) is 27.3. The van der Waals surface area contributed by atoms with Gasteiger partial charge in [-0.05, 0) is 110 Å². The van der Waals surface area contributed by atoms with Crippen molar-refractivity contribution < 1.29 is 0 Å². The number of fused-ring (bicyclic) bond motifs is 5. The summed E-state index contributed by atoms with van der Waals surface area (Å²) in [5.41, 5.74) is 10.4. The second kappa shape index (κ2) is 11.9. The van der Waals surface area contributed by atoms with Gasteiger partial charge in [-0.2, -0.15) is 15.8 Å². The predicted octanol–water partition coefficient (Wildman–Crippen LogP) is 11.7. The van der Waals surface area contributed by atoms with Crippen LogP contribution in [0.2, 0.25) is 0 Å². The Balaban J connectivity index is 1.36. The number of aromatic nitrogens is 1. The molecule has 0 unspecified atom stereocenters. The highest BCUT2D eigenvalue weighted by Gasteiger charge is 2.20. The first-order valence-corrected chi connectivity index (χ1v) is 16.7. The summed E-state index contributed by atoms with van der Waals surface area (Å²) in [5, 5.41) is 36.7. The van der Waals surface area contributed by atoms with Gasteiger partial charge in [0.15, 0.2) is 0 Å². The minimum absolute atomic E-state index is 0.522. The largest absolute Gasteiger partial charge is 0.309 e. The van der Waals surface area contributed by atoms with Crippen molar-refractivity contribution in [2.45, 2.75) is 0 Å². The van der Waals surface area contributed by atoms with Crippen molar-refractivity contribution in [1.82, 2.24) is 4.57 Å². The zero-order chi connectivity index (χ0) is 34.5. The maximum atomic E-state index is 10.5. The molecular weight excluding hydrogens is 621 g/mol. The van der Waals surface area contributed by atoms with Crippen molar-refractivity contribution in [3.8, 4) is 57.3 Å². The quantitative estimate of drug-likeness (QED) is 0.179. The molecule has 0 radical (unpaired) electrons. The Morgan fingerprint density at radius 2 is 0.863 bits per heavy atom. The molecule has 51 heavy (non-hydrogen) atoms. The fourth-order valence-corrected chi connectivity index (χ4v) is 7.68. The third kappa shape index (κ3) is 4.74. The molecule has 8 aromatic carbocycles. The molecule has 0 amide bonds. The average Bonchev–Trinajstić information content (AvgIpc) is 3.53. The van der Waals surface area contributed by atoms with Gasteiger partial charge in [0.1, 0.15) is 0 Å². The monoisotopic (exact) mass is 646 g/mol. The molecule has 0 bridgehead atoms. The van der Waals surface area contributed by atoms with Crippen LogP contribution in [0.25, 0.3) is 82.4 Å². The summed E-state index contributed by atoms with van der Waals surface area (Å²) in [6, 6.07) is 60.2. The molecule has 0 saturated carbocycles. The van der Waals surface area contributed by atoms with E-state index in [2.05, 4.69) is 114 Å². The molecule has 0 N–H and O–H groups in total. The molecule has 0 aliphatic carbocycles. The maximum Gasteiger partial charge on any atom is 0.0992 e. The Labute approximate surface area is 294 Å². The molecule has 9 rings (SSSR count). The topological polar surface area (TPSA) is 76.3 Å². The number of nitrogens with zero attached hydrogens (tertiary/aromatic N) is 4. The summed E-state index contributed by atoms with van der Waals surface area (Å²) in [7, 11) is 0. The van der Waals surface area contributed by atoms with Gasteiger partial charge in [-0.15, -0.1) is 0 Å². The first-order valence-electron chi connectivity index (χ1n) is 16.7. The van der Waals surface area contributed by atoms with Crippen molar-refractivity contribution in [1.29, 1.82) is 15.8 Å². The van der Waals surface area contributed by atoms with Crippen molar-refractivity contribution in [3.05, 3.63) is 174 Å². The number of para-hydroxylation sites is 1. The number of nitriles is 3. The second-order valence-electron chi connectivity index (χ2n) is 12.7. The van der Waals surface area contributed by atoms with Gasteiger partial charge in [-0.25, -0.2) is 0 Å². The molecule has 4 nitrogen and oxygen atoms in total. The fraction of sp³-hybridized carbons (Fsp3) is 0. The molecule has 234 valence electrons. The lowest BCUT2D eigenvalue weighted by atomic mass is 9.85. The molecule has 1 heterocycles. The fourth-order valence-electron chi connectivity index (χ4n) is 7.68. The number of rotatable bonds is 4. The standard InChI is InChI=1S/C47H26N4/c48-27-30-18-20-44(51-43-17-9-8-12-36(43)42-25-31(28-49)19-21-45(42)51)41(24-30)34-22-32(29-50)23-35(26-34)47-39-15-6-4-13-37(39)46(33-10-2-1-3-11-33)38-14-5-7-16-40(38)47/h1-26H. The van der Waals surface area contributed by atoms with Crippen molar-refractivity contribution in [2.24, 2.45) is 0 Å². The SMILES string of the molecule is N#Cc1cc(-c2cc(C#N)ccc2-n2c3ccccc3c3cc(C#N)ccc32)cc(-c2c3ccccc3c(-c3ccccc3)c3ccccc23)c1.